The molecule has 1 N–H and O–H groups in total. The van der Waals surface area contributed by atoms with E-state index in [0.717, 1.165) is 6.07 Å². The van der Waals surface area contributed by atoms with Crippen LogP contribution in [0, 0.1) is 17.7 Å². The number of halogens is 4. The van der Waals surface area contributed by atoms with Crippen molar-refractivity contribution < 1.29 is 37.0 Å². The molecule has 0 heterocycles. The SMILES string of the molecule is O=C(O)[C@H]1CCCC[C@H]1C(=O)c1ccc(OC(F)(F)F)c(F)c1. The third-order valence-corrected chi connectivity index (χ3v) is 3.86. The Kier molecular flexibility index (Phi) is 4.91. The fourth-order valence-electron chi connectivity index (χ4n) is 2.82. The number of ether oxygens (including phenoxy) is 1. The molecule has 0 aromatic heterocycles. The minimum absolute atomic E-state index is 0.157. The van der Waals surface area contributed by atoms with Gasteiger partial charge in [0.25, 0.3) is 0 Å². The number of hydrogen-bond donors (Lipinski definition) is 1. The average molecular weight is 334 g/mol. The number of carboxylic acids is 1. The lowest BCUT2D eigenvalue weighted by molar-refractivity contribution is -0.275. The minimum Gasteiger partial charge on any atom is -0.481 e. The Morgan fingerprint density at radius 2 is 1.74 bits per heavy atom. The van der Waals surface area contributed by atoms with E-state index in [1.807, 2.05) is 0 Å². The van der Waals surface area contributed by atoms with Crippen LogP contribution in [0.4, 0.5) is 17.6 Å². The van der Waals surface area contributed by atoms with Gasteiger partial charge in [0.2, 0.25) is 0 Å². The van der Waals surface area contributed by atoms with Crippen molar-refractivity contribution in [3.8, 4) is 5.75 Å². The van der Waals surface area contributed by atoms with Crippen LogP contribution >= 0.6 is 0 Å². The number of carbonyl (C=O) groups is 2. The Morgan fingerprint density at radius 1 is 1.13 bits per heavy atom. The van der Waals surface area contributed by atoms with Crippen LogP contribution in [0.15, 0.2) is 18.2 Å². The van der Waals surface area contributed by atoms with Gasteiger partial charge in [0.1, 0.15) is 0 Å². The summed E-state index contributed by atoms with van der Waals surface area (Å²) in [6.07, 6.45) is -2.96. The third-order valence-electron chi connectivity index (χ3n) is 3.86. The van der Waals surface area contributed by atoms with E-state index in [-0.39, 0.29) is 5.56 Å². The number of aliphatic carboxylic acids is 1. The summed E-state index contributed by atoms with van der Waals surface area (Å²) >= 11 is 0. The zero-order valence-electron chi connectivity index (χ0n) is 11.9. The Hall–Kier alpha value is -2.12. The van der Waals surface area contributed by atoms with E-state index in [2.05, 4.69) is 4.74 Å². The molecular weight excluding hydrogens is 320 g/mol. The molecule has 0 radical (unpaired) electrons. The lowest BCUT2D eigenvalue weighted by Gasteiger charge is -2.27. The fraction of sp³-hybridized carbons (Fsp3) is 0.467. The molecule has 4 nitrogen and oxygen atoms in total. The molecule has 0 unspecified atom stereocenters. The smallest absolute Gasteiger partial charge is 0.481 e. The number of alkyl halides is 3. The molecule has 0 spiro atoms. The van der Waals surface area contributed by atoms with Crippen LogP contribution in [0.2, 0.25) is 0 Å². The molecular formula is C15H14F4O4. The van der Waals surface area contributed by atoms with E-state index in [1.165, 1.54) is 0 Å². The molecule has 1 fully saturated rings. The normalized spacial score (nSPS) is 21.7. The van der Waals surface area contributed by atoms with Crippen LogP contribution in [-0.4, -0.2) is 23.2 Å². The first-order chi connectivity index (χ1) is 10.7. The van der Waals surface area contributed by atoms with Crippen LogP contribution in [0.25, 0.3) is 0 Å². The van der Waals surface area contributed by atoms with Gasteiger partial charge < -0.3 is 9.84 Å². The predicted octanol–water partition coefficient (Wildman–Crippen LogP) is 3.80. The molecule has 1 aliphatic rings. The zero-order chi connectivity index (χ0) is 17.2. The monoisotopic (exact) mass is 334 g/mol. The van der Waals surface area contributed by atoms with Crippen LogP contribution in [0.5, 0.6) is 5.75 Å². The largest absolute Gasteiger partial charge is 0.573 e. The third kappa shape index (κ3) is 4.20. The molecule has 1 aromatic carbocycles. The second-order valence-electron chi connectivity index (χ2n) is 5.39. The number of hydrogen-bond acceptors (Lipinski definition) is 3. The van der Waals surface area contributed by atoms with Crippen LogP contribution < -0.4 is 4.74 Å². The molecule has 23 heavy (non-hydrogen) atoms. The summed E-state index contributed by atoms with van der Waals surface area (Å²) in [4.78, 5) is 23.6. The average Bonchev–Trinajstić information content (AvgIpc) is 2.47. The van der Waals surface area contributed by atoms with E-state index in [1.54, 1.807) is 0 Å². The molecule has 0 amide bonds. The van der Waals surface area contributed by atoms with Crippen molar-refractivity contribution in [3.63, 3.8) is 0 Å². The van der Waals surface area contributed by atoms with Gasteiger partial charge in [-0.3, -0.25) is 9.59 Å². The maximum Gasteiger partial charge on any atom is 0.573 e. The second-order valence-corrected chi connectivity index (χ2v) is 5.39. The van der Waals surface area contributed by atoms with E-state index in [0.29, 0.717) is 37.8 Å². The molecule has 0 aliphatic heterocycles. The highest BCUT2D eigenvalue weighted by atomic mass is 19.4. The van der Waals surface area contributed by atoms with Crippen LogP contribution in [0.3, 0.4) is 0 Å². The molecule has 1 aromatic rings. The lowest BCUT2D eigenvalue weighted by Crippen LogP contribution is -2.32. The molecule has 1 saturated carbocycles. The van der Waals surface area contributed by atoms with Crippen LogP contribution in [-0.2, 0) is 4.79 Å². The Bertz CT molecular complexity index is 612. The van der Waals surface area contributed by atoms with Crippen molar-refractivity contribution in [1.29, 1.82) is 0 Å². The topological polar surface area (TPSA) is 63.6 Å². The van der Waals surface area contributed by atoms with Gasteiger partial charge in [-0.05, 0) is 31.0 Å². The number of carbonyl (C=O) groups excluding carboxylic acids is 1. The minimum atomic E-state index is -5.04. The van der Waals surface area contributed by atoms with Gasteiger partial charge in [-0.2, -0.15) is 0 Å². The zero-order valence-corrected chi connectivity index (χ0v) is 11.9. The van der Waals surface area contributed by atoms with E-state index < -0.39 is 41.5 Å². The van der Waals surface area contributed by atoms with Crippen molar-refractivity contribution in [3.05, 3.63) is 29.6 Å². The Labute approximate surface area is 129 Å². The summed E-state index contributed by atoms with van der Waals surface area (Å²) in [5, 5.41) is 9.16. The number of carboxylic acid groups (broad SMARTS) is 1. The Balaban J connectivity index is 2.22. The second kappa shape index (κ2) is 6.55. The van der Waals surface area contributed by atoms with Crippen LogP contribution in [0.1, 0.15) is 36.0 Å². The van der Waals surface area contributed by atoms with Crippen molar-refractivity contribution in [2.24, 2.45) is 11.8 Å². The predicted molar refractivity (Wildman–Crippen MR) is 70.5 cm³/mol. The number of benzene rings is 1. The Morgan fingerprint density at radius 3 is 2.26 bits per heavy atom. The highest BCUT2D eigenvalue weighted by molar-refractivity contribution is 6.00. The molecule has 2 atom stereocenters. The molecule has 0 saturated heterocycles. The summed E-state index contributed by atoms with van der Waals surface area (Å²) in [5.74, 6) is -5.68. The van der Waals surface area contributed by atoms with Gasteiger partial charge in [-0.25, -0.2) is 4.39 Å². The molecule has 8 heteroatoms. The van der Waals surface area contributed by atoms with Crippen molar-refractivity contribution in [2.45, 2.75) is 32.0 Å². The summed E-state index contributed by atoms with van der Waals surface area (Å²) < 4.78 is 53.4. The van der Waals surface area contributed by atoms with E-state index in [9.17, 15) is 27.2 Å². The highest BCUT2D eigenvalue weighted by Crippen LogP contribution is 2.34. The number of Topliss-reactive ketones (excluding diaryl/α,β-unsaturated/α-hetero) is 1. The van der Waals surface area contributed by atoms with Crippen molar-refractivity contribution in [2.75, 3.05) is 0 Å². The summed E-state index contributed by atoms with van der Waals surface area (Å²) in [7, 11) is 0. The van der Waals surface area contributed by atoms with Gasteiger partial charge in [0, 0.05) is 11.5 Å². The summed E-state index contributed by atoms with van der Waals surface area (Å²) in [6, 6.07) is 2.38. The maximum absolute atomic E-state index is 13.7. The first kappa shape index (κ1) is 17.2. The first-order valence-corrected chi connectivity index (χ1v) is 7.01. The number of ketones is 1. The van der Waals surface area contributed by atoms with Gasteiger partial charge in [-0.1, -0.05) is 12.8 Å². The molecule has 0 bridgehead atoms. The van der Waals surface area contributed by atoms with E-state index >= 15 is 0 Å². The van der Waals surface area contributed by atoms with E-state index in [4.69, 9.17) is 5.11 Å². The summed E-state index contributed by atoms with van der Waals surface area (Å²) in [5.41, 5.74) is -0.157. The molecule has 1 aliphatic carbocycles. The van der Waals surface area contributed by atoms with Crippen molar-refractivity contribution >= 4 is 11.8 Å². The molecule has 126 valence electrons. The standard InChI is InChI=1S/C15H14F4O4/c16-11-7-8(5-6-12(11)23-15(17,18)19)13(20)9-3-1-2-4-10(9)14(21)22/h5-7,9-10H,1-4H2,(H,21,22)/t9-,10+/m1/s1. The van der Waals surface area contributed by atoms with Gasteiger partial charge in [0.15, 0.2) is 17.3 Å². The molecule has 2 rings (SSSR count). The summed E-state index contributed by atoms with van der Waals surface area (Å²) in [6.45, 7) is 0. The van der Waals surface area contributed by atoms with Gasteiger partial charge in [0.05, 0.1) is 5.92 Å². The quantitative estimate of drug-likeness (QED) is 0.672. The highest BCUT2D eigenvalue weighted by Gasteiger charge is 2.37. The number of rotatable bonds is 4. The maximum atomic E-state index is 13.7. The van der Waals surface area contributed by atoms with Gasteiger partial charge in [-0.15, -0.1) is 13.2 Å². The van der Waals surface area contributed by atoms with Crippen molar-refractivity contribution in [1.82, 2.24) is 0 Å². The first-order valence-electron chi connectivity index (χ1n) is 7.01. The fourth-order valence-corrected chi connectivity index (χ4v) is 2.82. The lowest BCUT2D eigenvalue weighted by atomic mass is 9.75. The van der Waals surface area contributed by atoms with Gasteiger partial charge >= 0.3 is 12.3 Å².